The summed E-state index contributed by atoms with van der Waals surface area (Å²) in [6.07, 6.45) is 10.1. The van der Waals surface area contributed by atoms with Crippen LogP contribution in [0.25, 0.3) is 11.0 Å². The van der Waals surface area contributed by atoms with Crippen LogP contribution in [0.5, 0.6) is 0 Å². The van der Waals surface area contributed by atoms with Crippen molar-refractivity contribution in [1.29, 1.82) is 5.41 Å². The Hall–Kier alpha value is -3.90. The average molecular weight is 662 g/mol. The van der Waals surface area contributed by atoms with Crippen molar-refractivity contribution in [2.24, 2.45) is 5.73 Å². The fourth-order valence-corrected chi connectivity index (χ4v) is 6.13. The normalized spacial score (nSPS) is 15.4. The molecule has 45 heavy (non-hydrogen) atoms. The van der Waals surface area contributed by atoms with Crippen LogP contribution in [0.4, 0.5) is 5.69 Å². The van der Waals surface area contributed by atoms with Gasteiger partial charge in [-0.2, -0.15) is 0 Å². The Kier molecular flexibility index (Phi) is 13.0. The molecule has 1 aliphatic carbocycles. The summed E-state index contributed by atoms with van der Waals surface area (Å²) in [6, 6.07) is 9.06. The number of hydrogen-bond acceptors (Lipinski definition) is 8. The van der Waals surface area contributed by atoms with Gasteiger partial charge in [0.15, 0.2) is 0 Å². The van der Waals surface area contributed by atoms with Crippen LogP contribution >= 0.6 is 24.8 Å². The molecule has 0 spiro atoms. The number of amides is 2. The number of piperidine rings is 1. The maximum atomic E-state index is 13.5. The van der Waals surface area contributed by atoms with Gasteiger partial charge in [-0.05, 0) is 62.9 Å². The number of halogens is 2. The van der Waals surface area contributed by atoms with Gasteiger partial charge in [-0.3, -0.25) is 20.0 Å². The topological polar surface area (TPSA) is 160 Å². The Bertz CT molecular complexity index is 1470. The number of imidazole rings is 1. The number of rotatable bonds is 9. The van der Waals surface area contributed by atoms with E-state index in [0.717, 1.165) is 31.4 Å². The molecule has 244 valence electrons. The van der Waals surface area contributed by atoms with Gasteiger partial charge in [0.05, 0.1) is 24.2 Å². The largest absolute Gasteiger partial charge is 0.459 e. The number of nitrogens with two attached hydrogens (primary N) is 1. The molecule has 2 aliphatic rings. The minimum Gasteiger partial charge on any atom is -0.459 e. The van der Waals surface area contributed by atoms with Gasteiger partial charge in [-0.15, -0.1) is 24.8 Å². The number of aromatic nitrogens is 3. The van der Waals surface area contributed by atoms with Crippen LogP contribution in [-0.2, 0) is 32.2 Å². The summed E-state index contributed by atoms with van der Waals surface area (Å²) in [4.78, 5) is 52.2. The van der Waals surface area contributed by atoms with Crippen molar-refractivity contribution in [2.45, 2.75) is 77.0 Å². The number of esters is 1. The second kappa shape index (κ2) is 16.4. The first-order chi connectivity index (χ1) is 20.8. The minimum atomic E-state index is -0.907. The van der Waals surface area contributed by atoms with Crippen LogP contribution in [0.2, 0.25) is 0 Å². The summed E-state index contributed by atoms with van der Waals surface area (Å²) in [7, 11) is 0. The van der Waals surface area contributed by atoms with E-state index in [0.29, 0.717) is 48.4 Å². The third-order valence-electron chi connectivity index (χ3n) is 8.37. The monoisotopic (exact) mass is 660 g/mol. The lowest BCUT2D eigenvalue weighted by Gasteiger charge is -2.39. The average Bonchev–Trinajstić information content (AvgIpc) is 3.36. The van der Waals surface area contributed by atoms with Crippen molar-refractivity contribution in [1.82, 2.24) is 24.8 Å². The van der Waals surface area contributed by atoms with Gasteiger partial charge in [0.25, 0.3) is 0 Å². The number of nitrogens with one attached hydrogen (secondary N) is 2. The molecular weight excluding hydrogens is 619 g/mol. The van der Waals surface area contributed by atoms with E-state index in [-0.39, 0.29) is 68.3 Å². The zero-order chi connectivity index (χ0) is 30.3. The molecule has 0 bridgehead atoms. The third-order valence-corrected chi connectivity index (χ3v) is 8.37. The number of amidine groups is 1. The summed E-state index contributed by atoms with van der Waals surface area (Å²) in [5.74, 6) is -1.37. The first-order valence-electron chi connectivity index (χ1n) is 15.1. The van der Waals surface area contributed by atoms with Crippen molar-refractivity contribution in [3.63, 3.8) is 0 Å². The van der Waals surface area contributed by atoms with Crippen LogP contribution in [0.3, 0.4) is 0 Å². The van der Waals surface area contributed by atoms with Gasteiger partial charge < -0.3 is 30.2 Å². The second-order valence-electron chi connectivity index (χ2n) is 11.2. The fourth-order valence-electron chi connectivity index (χ4n) is 6.13. The Morgan fingerprint density at radius 1 is 1.04 bits per heavy atom. The van der Waals surface area contributed by atoms with Crippen molar-refractivity contribution in [2.75, 3.05) is 24.6 Å². The molecule has 4 N–H and O–H groups in total. The van der Waals surface area contributed by atoms with E-state index in [4.69, 9.17) is 20.9 Å². The molecule has 3 aromatic rings. The Morgan fingerprint density at radius 2 is 1.73 bits per heavy atom. The highest BCUT2D eigenvalue weighted by Gasteiger charge is 2.34. The van der Waals surface area contributed by atoms with E-state index in [2.05, 4.69) is 15.2 Å². The summed E-state index contributed by atoms with van der Waals surface area (Å²) >= 11 is 0. The van der Waals surface area contributed by atoms with Gasteiger partial charge in [-0.1, -0.05) is 19.3 Å². The van der Waals surface area contributed by atoms with Crippen molar-refractivity contribution in [3.05, 3.63) is 54.1 Å². The molecule has 0 unspecified atom stereocenters. The fraction of sp³-hybridized carbons (Fsp3) is 0.484. The van der Waals surface area contributed by atoms with E-state index < -0.39 is 11.9 Å². The molecular formula is C31H42Cl2N8O4. The summed E-state index contributed by atoms with van der Waals surface area (Å²) in [5, 5.41) is 11.0. The molecule has 0 radical (unpaired) electrons. The second-order valence-corrected chi connectivity index (χ2v) is 11.2. The molecule has 1 saturated heterocycles. The van der Waals surface area contributed by atoms with E-state index in [1.165, 1.54) is 6.42 Å². The van der Waals surface area contributed by atoms with Crippen LogP contribution in [0, 0.1) is 5.41 Å². The number of benzene rings is 1. The van der Waals surface area contributed by atoms with Crippen molar-refractivity contribution >= 4 is 65.2 Å². The maximum Gasteiger partial charge on any atom is 0.397 e. The summed E-state index contributed by atoms with van der Waals surface area (Å²) in [5.41, 5.74) is 8.56. The van der Waals surface area contributed by atoms with Crippen molar-refractivity contribution < 1.29 is 19.1 Å². The number of fused-ring (bicyclic) bond motifs is 1. The molecule has 1 aromatic carbocycles. The highest BCUT2D eigenvalue weighted by atomic mass is 35.5. The number of nitrogens with zero attached hydrogens (tertiary/aromatic N) is 5. The van der Waals surface area contributed by atoms with Crippen LogP contribution in [0.1, 0.15) is 63.3 Å². The van der Waals surface area contributed by atoms with E-state index in [1.807, 2.05) is 12.1 Å². The molecule has 2 aromatic heterocycles. The highest BCUT2D eigenvalue weighted by molar-refractivity contribution is 6.32. The zero-order valence-electron chi connectivity index (χ0n) is 25.4. The van der Waals surface area contributed by atoms with E-state index in [9.17, 15) is 14.4 Å². The zero-order valence-corrected chi connectivity index (χ0v) is 27.1. The van der Waals surface area contributed by atoms with Crippen LogP contribution < -0.4 is 16.0 Å². The maximum absolute atomic E-state index is 13.5. The van der Waals surface area contributed by atoms with Gasteiger partial charge in [0.1, 0.15) is 18.2 Å². The SMILES string of the molecule is CCOC(=O)C(=O)N(Cc1nc2cc(C(=N)N)ccc2n1CC(=O)NC1CCCCC1)C1CCN(c2ccncc2)CC1.Cl.Cl. The Balaban J connectivity index is 0.00000276. The number of carbonyl (C=O) groups excluding carboxylic acids is 3. The quantitative estimate of drug-likeness (QED) is 0.136. The Morgan fingerprint density at radius 3 is 2.38 bits per heavy atom. The molecule has 2 fully saturated rings. The first kappa shape index (κ1) is 35.6. The lowest BCUT2D eigenvalue weighted by atomic mass is 9.95. The van der Waals surface area contributed by atoms with Crippen LogP contribution in [-0.4, -0.2) is 74.8 Å². The predicted octanol–water partition coefficient (Wildman–Crippen LogP) is 3.57. The van der Waals surface area contributed by atoms with Gasteiger partial charge in [0.2, 0.25) is 5.91 Å². The van der Waals surface area contributed by atoms with Gasteiger partial charge >= 0.3 is 11.9 Å². The minimum absolute atomic E-state index is 0. The number of anilines is 1. The summed E-state index contributed by atoms with van der Waals surface area (Å²) in [6.45, 7) is 3.20. The number of carbonyl (C=O) groups is 3. The highest BCUT2D eigenvalue weighted by Crippen LogP contribution is 2.26. The first-order valence-corrected chi connectivity index (χ1v) is 15.1. The van der Waals surface area contributed by atoms with E-state index >= 15 is 0 Å². The summed E-state index contributed by atoms with van der Waals surface area (Å²) < 4.78 is 6.91. The molecule has 0 atom stereocenters. The third kappa shape index (κ3) is 8.64. The lowest BCUT2D eigenvalue weighted by Crippen LogP contribution is -2.50. The number of pyridine rings is 1. The molecule has 3 heterocycles. The van der Waals surface area contributed by atoms with Crippen molar-refractivity contribution in [3.8, 4) is 0 Å². The standard InChI is InChI=1S/C31H40N8O4.2ClH/c1-2-43-31(42)30(41)38(24-12-16-37(17-13-24)23-10-14-34-15-11-23)19-27-36-25-18-21(29(32)33)8-9-26(25)39(27)20-28(40)35-22-6-4-3-5-7-22;;/h8-11,14-15,18,22,24H,2-7,12-13,16-17,19-20H2,1H3,(H3,32,33)(H,35,40);2*1H. The molecule has 14 heteroatoms. The van der Waals surface area contributed by atoms with Crippen LogP contribution in [0.15, 0.2) is 42.7 Å². The predicted molar refractivity (Wildman–Crippen MR) is 177 cm³/mol. The Labute approximate surface area is 275 Å². The molecule has 12 nitrogen and oxygen atoms in total. The van der Waals surface area contributed by atoms with Gasteiger partial charge in [-0.25, -0.2) is 9.78 Å². The lowest BCUT2D eigenvalue weighted by molar-refractivity contribution is -0.161. The molecule has 1 aliphatic heterocycles. The number of nitrogen functional groups attached to an aromatic ring is 1. The molecule has 5 rings (SSSR count). The molecule has 2 amide bonds. The van der Waals surface area contributed by atoms with Gasteiger partial charge in [0, 0.05) is 48.8 Å². The smallest absolute Gasteiger partial charge is 0.397 e. The number of hydrogen-bond donors (Lipinski definition) is 3. The molecule has 1 saturated carbocycles. The number of ether oxygens (including phenoxy) is 1. The van der Waals surface area contributed by atoms with E-state index in [1.54, 1.807) is 47.0 Å².